The van der Waals surface area contributed by atoms with Gasteiger partial charge in [-0.25, -0.2) is 9.97 Å². The number of anilines is 1. The van der Waals surface area contributed by atoms with Gasteiger partial charge in [0.1, 0.15) is 17.3 Å². The van der Waals surface area contributed by atoms with Gasteiger partial charge in [-0.15, -0.1) is 0 Å². The maximum absolute atomic E-state index is 5.78. The number of aromatic nitrogens is 2. The lowest BCUT2D eigenvalue weighted by molar-refractivity contribution is 0.905. The molecule has 0 saturated heterocycles. The third kappa shape index (κ3) is 1.80. The highest BCUT2D eigenvalue weighted by molar-refractivity contribution is 6.30. The Morgan fingerprint density at radius 1 is 1.55 bits per heavy atom. The fourth-order valence-corrected chi connectivity index (χ4v) is 1.12. The third-order valence-electron chi connectivity index (χ3n) is 1.43. The molecular weight excluding hydrogens is 162 g/mol. The summed E-state index contributed by atoms with van der Waals surface area (Å²) < 4.78 is 0. The predicted octanol–water partition coefficient (Wildman–Crippen LogP) is 1.66. The molecule has 0 aliphatic carbocycles. The lowest BCUT2D eigenvalue weighted by atomic mass is 10.2. The van der Waals surface area contributed by atoms with Crippen molar-refractivity contribution >= 4 is 17.4 Å². The van der Waals surface area contributed by atoms with Gasteiger partial charge >= 0.3 is 0 Å². The number of hydrogen-bond acceptors (Lipinski definition) is 3. The zero-order chi connectivity index (χ0) is 8.27. The second-order valence-electron chi connectivity index (χ2n) is 2.28. The number of nitrogen functional groups attached to an aromatic ring is 1. The van der Waals surface area contributed by atoms with Crippen molar-refractivity contribution in [3.63, 3.8) is 0 Å². The quantitative estimate of drug-likeness (QED) is 0.689. The average molecular weight is 172 g/mol. The fraction of sp³-hybridized carbons (Fsp3) is 0.429. The van der Waals surface area contributed by atoms with Crippen LogP contribution in [0.25, 0.3) is 0 Å². The van der Waals surface area contributed by atoms with Crippen LogP contribution in [0.2, 0.25) is 5.15 Å². The molecule has 0 saturated carbocycles. The van der Waals surface area contributed by atoms with E-state index in [1.54, 1.807) is 0 Å². The third-order valence-corrected chi connectivity index (χ3v) is 1.75. The van der Waals surface area contributed by atoms with E-state index in [4.69, 9.17) is 17.3 Å². The van der Waals surface area contributed by atoms with Crippen LogP contribution >= 0.6 is 11.6 Å². The molecule has 2 N–H and O–H groups in total. The molecule has 1 aromatic rings. The molecule has 1 heterocycles. The van der Waals surface area contributed by atoms with Crippen molar-refractivity contribution in [3.8, 4) is 0 Å². The lowest BCUT2D eigenvalue weighted by Crippen LogP contribution is -1.99. The van der Waals surface area contributed by atoms with Crippen molar-refractivity contribution < 1.29 is 0 Å². The van der Waals surface area contributed by atoms with Crippen LogP contribution in [0.3, 0.4) is 0 Å². The van der Waals surface area contributed by atoms with Gasteiger partial charge in [0, 0.05) is 5.56 Å². The molecule has 0 unspecified atom stereocenters. The largest absolute Gasteiger partial charge is 0.383 e. The summed E-state index contributed by atoms with van der Waals surface area (Å²) in [5.41, 5.74) is 6.43. The fourth-order valence-electron chi connectivity index (χ4n) is 0.884. The normalized spacial score (nSPS) is 10.0. The minimum Gasteiger partial charge on any atom is -0.383 e. The summed E-state index contributed by atoms with van der Waals surface area (Å²) in [6.07, 6.45) is 3.21. The highest BCUT2D eigenvalue weighted by Crippen LogP contribution is 2.18. The molecule has 0 amide bonds. The summed E-state index contributed by atoms with van der Waals surface area (Å²) in [6, 6.07) is 0. The summed E-state index contributed by atoms with van der Waals surface area (Å²) >= 11 is 5.78. The molecule has 0 aromatic carbocycles. The Hall–Kier alpha value is -0.830. The first-order chi connectivity index (χ1) is 5.25. The minimum atomic E-state index is 0.472. The molecule has 1 rings (SSSR count). The van der Waals surface area contributed by atoms with Crippen molar-refractivity contribution in [2.75, 3.05) is 5.73 Å². The monoisotopic (exact) mass is 171 g/mol. The Kier molecular flexibility index (Phi) is 2.65. The molecule has 0 radical (unpaired) electrons. The van der Waals surface area contributed by atoms with Crippen LogP contribution in [-0.4, -0.2) is 9.97 Å². The van der Waals surface area contributed by atoms with E-state index in [1.807, 2.05) is 0 Å². The number of hydrogen-bond donors (Lipinski definition) is 1. The Balaban J connectivity index is 3.00. The van der Waals surface area contributed by atoms with E-state index in [0.717, 1.165) is 18.4 Å². The highest BCUT2D eigenvalue weighted by Gasteiger charge is 2.04. The molecule has 3 nitrogen and oxygen atoms in total. The summed E-state index contributed by atoms with van der Waals surface area (Å²) in [4.78, 5) is 7.67. The van der Waals surface area contributed by atoms with Gasteiger partial charge in [-0.2, -0.15) is 0 Å². The van der Waals surface area contributed by atoms with Crippen LogP contribution in [0.4, 0.5) is 5.82 Å². The molecule has 0 spiro atoms. The molecule has 0 atom stereocenters. The Morgan fingerprint density at radius 2 is 2.27 bits per heavy atom. The Labute approximate surface area is 70.6 Å². The van der Waals surface area contributed by atoms with E-state index in [9.17, 15) is 0 Å². The summed E-state index contributed by atoms with van der Waals surface area (Å²) in [5, 5.41) is 0.472. The topological polar surface area (TPSA) is 51.8 Å². The van der Waals surface area contributed by atoms with E-state index < -0.39 is 0 Å². The standard InChI is InChI=1S/C7H10ClN3/c1-2-3-5-6(8)10-4-11-7(5)9/h4H,2-3H2,1H3,(H2,9,10,11). The Morgan fingerprint density at radius 3 is 2.82 bits per heavy atom. The summed E-state index contributed by atoms with van der Waals surface area (Å²) in [5.74, 6) is 0.492. The molecule has 0 aliphatic rings. The van der Waals surface area contributed by atoms with E-state index in [2.05, 4.69) is 16.9 Å². The van der Waals surface area contributed by atoms with Crippen molar-refractivity contribution in [1.29, 1.82) is 0 Å². The predicted molar refractivity (Wildman–Crippen MR) is 45.4 cm³/mol. The minimum absolute atomic E-state index is 0.472. The van der Waals surface area contributed by atoms with Gasteiger partial charge in [0.2, 0.25) is 0 Å². The smallest absolute Gasteiger partial charge is 0.137 e. The van der Waals surface area contributed by atoms with Crippen LogP contribution in [0.15, 0.2) is 6.33 Å². The SMILES string of the molecule is CCCc1c(N)ncnc1Cl. The zero-order valence-corrected chi connectivity index (χ0v) is 7.10. The molecule has 60 valence electrons. The maximum Gasteiger partial charge on any atom is 0.137 e. The second-order valence-corrected chi connectivity index (χ2v) is 2.64. The molecule has 4 heteroatoms. The molecule has 11 heavy (non-hydrogen) atoms. The Bertz CT molecular complexity index is 229. The first kappa shape index (κ1) is 8.27. The van der Waals surface area contributed by atoms with Gasteiger partial charge in [-0.1, -0.05) is 24.9 Å². The number of rotatable bonds is 2. The van der Waals surface area contributed by atoms with Crippen molar-refractivity contribution in [2.45, 2.75) is 19.8 Å². The van der Waals surface area contributed by atoms with Crippen molar-refractivity contribution in [2.24, 2.45) is 0 Å². The van der Waals surface area contributed by atoms with E-state index in [1.165, 1.54) is 6.33 Å². The zero-order valence-electron chi connectivity index (χ0n) is 6.34. The molecule has 1 aromatic heterocycles. The second kappa shape index (κ2) is 3.53. The highest BCUT2D eigenvalue weighted by atomic mass is 35.5. The first-order valence-corrected chi connectivity index (χ1v) is 3.88. The summed E-state index contributed by atoms with van der Waals surface area (Å²) in [6.45, 7) is 2.06. The van der Waals surface area contributed by atoms with Gasteiger partial charge in [0.25, 0.3) is 0 Å². The molecular formula is C7H10ClN3. The summed E-state index contributed by atoms with van der Waals surface area (Å²) in [7, 11) is 0. The average Bonchev–Trinajstić information content (AvgIpc) is 1.97. The molecule has 0 bridgehead atoms. The van der Waals surface area contributed by atoms with Crippen molar-refractivity contribution in [3.05, 3.63) is 17.0 Å². The van der Waals surface area contributed by atoms with E-state index >= 15 is 0 Å². The van der Waals surface area contributed by atoms with Gasteiger partial charge in [-0.05, 0) is 6.42 Å². The van der Waals surface area contributed by atoms with Gasteiger partial charge < -0.3 is 5.73 Å². The van der Waals surface area contributed by atoms with Crippen LogP contribution in [0.5, 0.6) is 0 Å². The first-order valence-electron chi connectivity index (χ1n) is 3.50. The van der Waals surface area contributed by atoms with Crippen LogP contribution in [-0.2, 0) is 6.42 Å². The van der Waals surface area contributed by atoms with Crippen LogP contribution < -0.4 is 5.73 Å². The van der Waals surface area contributed by atoms with Crippen molar-refractivity contribution in [1.82, 2.24) is 9.97 Å². The molecule has 0 fully saturated rings. The van der Waals surface area contributed by atoms with Crippen LogP contribution in [0.1, 0.15) is 18.9 Å². The maximum atomic E-state index is 5.78. The van der Waals surface area contributed by atoms with Gasteiger partial charge in [0.15, 0.2) is 0 Å². The number of nitrogens with two attached hydrogens (primary N) is 1. The van der Waals surface area contributed by atoms with E-state index in [0.29, 0.717) is 11.0 Å². The number of halogens is 1. The van der Waals surface area contributed by atoms with Crippen LogP contribution in [0, 0.1) is 0 Å². The molecule has 0 aliphatic heterocycles. The van der Waals surface area contributed by atoms with E-state index in [-0.39, 0.29) is 0 Å². The van der Waals surface area contributed by atoms with Gasteiger partial charge in [-0.3, -0.25) is 0 Å². The number of nitrogens with zero attached hydrogens (tertiary/aromatic N) is 2. The van der Waals surface area contributed by atoms with Gasteiger partial charge in [0.05, 0.1) is 0 Å². The lowest BCUT2D eigenvalue weighted by Gasteiger charge is -2.02.